The second-order valence-electron chi connectivity index (χ2n) is 2.81. The van der Waals surface area contributed by atoms with Gasteiger partial charge in [-0.05, 0) is 6.07 Å². The van der Waals surface area contributed by atoms with Gasteiger partial charge in [-0.3, -0.25) is 4.79 Å². The summed E-state index contributed by atoms with van der Waals surface area (Å²) in [6.07, 6.45) is 2.79. The van der Waals surface area contributed by atoms with Crippen LogP contribution in [0.15, 0.2) is 23.0 Å². The molecule has 1 fully saturated rings. The minimum atomic E-state index is -0.373. The van der Waals surface area contributed by atoms with Crippen molar-refractivity contribution in [3.63, 3.8) is 0 Å². The minimum Gasteiger partial charge on any atom is -0.472 e. The van der Waals surface area contributed by atoms with Crippen LogP contribution in [0.4, 0.5) is 0 Å². The van der Waals surface area contributed by atoms with Crippen molar-refractivity contribution in [1.82, 2.24) is 0 Å². The summed E-state index contributed by atoms with van der Waals surface area (Å²) in [5.74, 6) is -0.0133. The second-order valence-corrected chi connectivity index (χ2v) is 2.81. The Morgan fingerprint density at radius 2 is 2.23 bits per heavy atom. The second kappa shape index (κ2) is 3.72. The van der Waals surface area contributed by atoms with E-state index in [-0.39, 0.29) is 18.5 Å². The van der Waals surface area contributed by atoms with Crippen LogP contribution in [0.5, 0.6) is 0 Å². The molecule has 0 spiro atoms. The van der Waals surface area contributed by atoms with Crippen molar-refractivity contribution < 1.29 is 18.7 Å². The van der Waals surface area contributed by atoms with E-state index in [1.54, 1.807) is 6.07 Å². The van der Waals surface area contributed by atoms with Gasteiger partial charge >= 0.3 is 0 Å². The van der Waals surface area contributed by atoms with Gasteiger partial charge in [0.25, 0.3) is 0 Å². The summed E-state index contributed by atoms with van der Waals surface area (Å²) < 4.78 is 15.1. The van der Waals surface area contributed by atoms with Crippen LogP contribution < -0.4 is 0 Å². The SMILES string of the molecule is O=C(CC1OCCO1)c1ccoc1. The van der Waals surface area contributed by atoms with E-state index < -0.39 is 0 Å². The molecular formula is C9H10O4. The molecule has 4 heteroatoms. The normalized spacial score (nSPS) is 17.8. The Balaban J connectivity index is 1.91. The van der Waals surface area contributed by atoms with Crippen molar-refractivity contribution in [1.29, 1.82) is 0 Å². The van der Waals surface area contributed by atoms with Gasteiger partial charge in [-0.2, -0.15) is 0 Å². The van der Waals surface area contributed by atoms with Gasteiger partial charge in [0.1, 0.15) is 6.26 Å². The Hall–Kier alpha value is -1.13. The first-order valence-corrected chi connectivity index (χ1v) is 4.15. The van der Waals surface area contributed by atoms with Gasteiger partial charge in [-0.25, -0.2) is 0 Å². The van der Waals surface area contributed by atoms with Crippen molar-refractivity contribution in [3.05, 3.63) is 24.2 Å². The van der Waals surface area contributed by atoms with Crippen molar-refractivity contribution in [2.24, 2.45) is 0 Å². The minimum absolute atomic E-state index is 0.0133. The highest BCUT2D eigenvalue weighted by atomic mass is 16.7. The average molecular weight is 182 g/mol. The lowest BCUT2D eigenvalue weighted by atomic mass is 10.1. The van der Waals surface area contributed by atoms with Gasteiger partial charge in [-0.15, -0.1) is 0 Å². The Kier molecular flexibility index (Phi) is 2.42. The molecule has 13 heavy (non-hydrogen) atoms. The molecule has 70 valence electrons. The van der Waals surface area contributed by atoms with Gasteiger partial charge in [0.2, 0.25) is 0 Å². The summed E-state index contributed by atoms with van der Waals surface area (Å²) >= 11 is 0. The zero-order valence-corrected chi connectivity index (χ0v) is 7.06. The fourth-order valence-electron chi connectivity index (χ4n) is 1.22. The van der Waals surface area contributed by atoms with E-state index in [4.69, 9.17) is 13.9 Å². The van der Waals surface area contributed by atoms with E-state index in [0.717, 1.165) is 0 Å². The number of hydrogen-bond acceptors (Lipinski definition) is 4. The summed E-state index contributed by atoms with van der Waals surface area (Å²) in [4.78, 5) is 11.4. The molecule has 1 aliphatic heterocycles. The maximum absolute atomic E-state index is 11.4. The zero-order chi connectivity index (χ0) is 9.10. The van der Waals surface area contributed by atoms with Gasteiger partial charge in [0, 0.05) is 0 Å². The van der Waals surface area contributed by atoms with Crippen molar-refractivity contribution in [2.45, 2.75) is 12.7 Å². The van der Waals surface area contributed by atoms with Crippen LogP contribution >= 0.6 is 0 Å². The Labute approximate surface area is 75.4 Å². The smallest absolute Gasteiger partial charge is 0.171 e. The number of furan rings is 1. The fraction of sp³-hybridized carbons (Fsp3) is 0.444. The summed E-state index contributed by atoms with van der Waals surface area (Å²) in [5.41, 5.74) is 0.569. The molecule has 0 amide bonds. The molecule has 2 heterocycles. The van der Waals surface area contributed by atoms with E-state index >= 15 is 0 Å². The molecule has 0 atom stereocenters. The Morgan fingerprint density at radius 3 is 2.85 bits per heavy atom. The molecule has 0 aromatic carbocycles. The van der Waals surface area contributed by atoms with Crippen LogP contribution in [-0.4, -0.2) is 25.3 Å². The summed E-state index contributed by atoms with van der Waals surface area (Å²) in [6, 6.07) is 1.64. The highest BCUT2D eigenvalue weighted by molar-refractivity contribution is 5.95. The molecule has 0 saturated carbocycles. The third kappa shape index (κ3) is 1.96. The molecule has 1 aromatic rings. The van der Waals surface area contributed by atoms with E-state index in [9.17, 15) is 4.79 Å². The first-order valence-electron chi connectivity index (χ1n) is 4.15. The van der Waals surface area contributed by atoms with Gasteiger partial charge in [0.15, 0.2) is 12.1 Å². The van der Waals surface area contributed by atoms with Gasteiger partial charge in [0.05, 0.1) is 31.5 Å². The standard InChI is InChI=1S/C9H10O4/c10-8(7-1-2-11-6-7)5-9-12-3-4-13-9/h1-2,6,9H,3-5H2. The molecule has 2 rings (SSSR count). The van der Waals surface area contributed by atoms with Crippen LogP contribution in [0.1, 0.15) is 16.8 Å². The van der Waals surface area contributed by atoms with Crippen LogP contribution in [0.3, 0.4) is 0 Å². The molecule has 0 aliphatic carbocycles. The van der Waals surface area contributed by atoms with E-state index in [1.807, 2.05) is 0 Å². The Bertz CT molecular complexity index is 272. The molecule has 1 aliphatic rings. The maximum atomic E-state index is 11.4. The summed E-state index contributed by atoms with van der Waals surface area (Å²) in [5, 5.41) is 0. The summed E-state index contributed by atoms with van der Waals surface area (Å²) in [6.45, 7) is 1.15. The van der Waals surface area contributed by atoms with Crippen LogP contribution in [0.2, 0.25) is 0 Å². The van der Waals surface area contributed by atoms with Crippen molar-refractivity contribution >= 4 is 5.78 Å². The molecule has 1 aromatic heterocycles. The largest absolute Gasteiger partial charge is 0.472 e. The quantitative estimate of drug-likeness (QED) is 0.659. The predicted octanol–water partition coefficient (Wildman–Crippen LogP) is 1.23. The highest BCUT2D eigenvalue weighted by Crippen LogP contribution is 2.12. The molecule has 4 nitrogen and oxygen atoms in total. The monoisotopic (exact) mass is 182 g/mol. The molecule has 0 unspecified atom stereocenters. The van der Waals surface area contributed by atoms with Crippen LogP contribution in [0, 0.1) is 0 Å². The zero-order valence-electron chi connectivity index (χ0n) is 7.06. The highest BCUT2D eigenvalue weighted by Gasteiger charge is 2.20. The third-order valence-electron chi connectivity index (χ3n) is 1.89. The predicted molar refractivity (Wildman–Crippen MR) is 43.3 cm³/mol. The number of hydrogen-bond donors (Lipinski definition) is 0. The first kappa shape index (κ1) is 8.47. The van der Waals surface area contributed by atoms with Crippen LogP contribution in [-0.2, 0) is 9.47 Å². The number of carbonyl (C=O) groups excluding carboxylic acids is 1. The van der Waals surface area contributed by atoms with Gasteiger partial charge in [-0.1, -0.05) is 0 Å². The van der Waals surface area contributed by atoms with E-state index in [1.165, 1.54) is 12.5 Å². The third-order valence-corrected chi connectivity index (χ3v) is 1.89. The lowest BCUT2D eigenvalue weighted by Gasteiger charge is -2.05. The molecule has 1 saturated heterocycles. The van der Waals surface area contributed by atoms with E-state index in [0.29, 0.717) is 18.8 Å². The number of rotatable bonds is 3. The van der Waals surface area contributed by atoms with Crippen LogP contribution in [0.25, 0.3) is 0 Å². The van der Waals surface area contributed by atoms with Gasteiger partial charge < -0.3 is 13.9 Å². The van der Waals surface area contributed by atoms with E-state index in [2.05, 4.69) is 0 Å². The summed E-state index contributed by atoms with van der Waals surface area (Å²) in [7, 11) is 0. The number of Topliss-reactive ketones (excluding diaryl/α,β-unsaturated/α-hetero) is 1. The Morgan fingerprint density at radius 1 is 1.46 bits per heavy atom. The maximum Gasteiger partial charge on any atom is 0.171 e. The number of carbonyl (C=O) groups is 1. The molecule has 0 N–H and O–H groups in total. The topological polar surface area (TPSA) is 48.7 Å². The molecule has 0 bridgehead atoms. The number of ether oxygens (including phenoxy) is 2. The lowest BCUT2D eigenvalue weighted by Crippen LogP contribution is -2.13. The molecular weight excluding hydrogens is 172 g/mol. The lowest BCUT2D eigenvalue weighted by molar-refractivity contribution is -0.0407. The van der Waals surface area contributed by atoms with Crippen molar-refractivity contribution in [3.8, 4) is 0 Å². The average Bonchev–Trinajstić information content (AvgIpc) is 2.74. The van der Waals surface area contributed by atoms with Crippen molar-refractivity contribution in [2.75, 3.05) is 13.2 Å². The first-order chi connectivity index (χ1) is 6.36. The number of ketones is 1. The molecule has 0 radical (unpaired) electrons. The fourth-order valence-corrected chi connectivity index (χ4v) is 1.22.